The van der Waals surface area contributed by atoms with Gasteiger partial charge in [-0.2, -0.15) is 0 Å². The van der Waals surface area contributed by atoms with E-state index in [1.54, 1.807) is 12.4 Å². The van der Waals surface area contributed by atoms with Crippen LogP contribution in [0.3, 0.4) is 0 Å². The van der Waals surface area contributed by atoms with Gasteiger partial charge in [-0.05, 0) is 28.8 Å². The van der Waals surface area contributed by atoms with Gasteiger partial charge in [-0.15, -0.1) is 0 Å². The Balaban J connectivity index is 1.59. The van der Waals surface area contributed by atoms with Crippen LogP contribution in [0.1, 0.15) is 12.8 Å². The van der Waals surface area contributed by atoms with E-state index >= 15 is 0 Å². The second-order valence-corrected chi connectivity index (χ2v) is 6.92. The quantitative estimate of drug-likeness (QED) is 0.828. The second-order valence-electron chi connectivity index (χ2n) is 6.06. The molecule has 0 aromatic carbocycles. The molecular weight excluding hydrogens is 353 g/mol. The number of aromatic nitrogens is 3. The molecule has 0 bridgehead atoms. The zero-order valence-corrected chi connectivity index (χ0v) is 13.5. The van der Waals surface area contributed by atoms with E-state index in [-0.39, 0.29) is 5.41 Å². The van der Waals surface area contributed by atoms with E-state index in [0.29, 0.717) is 6.61 Å². The predicted molar refractivity (Wildman–Crippen MR) is 83.4 cm³/mol. The summed E-state index contributed by atoms with van der Waals surface area (Å²) in [4.78, 5) is 11.0. The Morgan fingerprint density at radius 3 is 2.82 bits per heavy atom. The van der Waals surface area contributed by atoms with Gasteiger partial charge >= 0.3 is 0 Å². The van der Waals surface area contributed by atoms with E-state index in [2.05, 4.69) is 30.8 Å². The number of imidazole rings is 1. The molecule has 6 nitrogen and oxygen atoms in total. The molecule has 118 valence electrons. The van der Waals surface area contributed by atoms with Crippen molar-refractivity contribution in [2.45, 2.75) is 25.2 Å². The average molecular weight is 370 g/mol. The summed E-state index contributed by atoms with van der Waals surface area (Å²) < 4.78 is 21.5. The molecule has 0 unspecified atom stereocenters. The predicted octanol–water partition coefficient (Wildman–Crippen LogP) is 1.73. The fourth-order valence-corrected chi connectivity index (χ4v) is 3.86. The van der Waals surface area contributed by atoms with Crippen LogP contribution < -0.4 is 10.6 Å². The fraction of sp³-hybridized carbons (Fsp3) is 0.571. The topological polar surface area (TPSA) is 68.7 Å². The molecule has 22 heavy (non-hydrogen) atoms. The first-order chi connectivity index (χ1) is 10.6. The Hall–Kier alpha value is -1.25. The molecule has 2 saturated heterocycles. The molecule has 4 heterocycles. The highest BCUT2D eigenvalue weighted by Crippen LogP contribution is 2.42. The number of ether oxygens (including phenoxy) is 1. The Morgan fingerprint density at radius 1 is 1.36 bits per heavy atom. The Labute approximate surface area is 135 Å². The summed E-state index contributed by atoms with van der Waals surface area (Å²) in [7, 11) is 0. The van der Waals surface area contributed by atoms with Crippen molar-refractivity contribution >= 4 is 27.5 Å². The number of fused-ring (bicyclic) bond motifs is 1. The highest BCUT2D eigenvalue weighted by Gasteiger charge is 2.49. The van der Waals surface area contributed by atoms with E-state index in [1.165, 1.54) is 0 Å². The van der Waals surface area contributed by atoms with Crippen LogP contribution in [0.4, 0.5) is 10.3 Å². The van der Waals surface area contributed by atoms with Crippen LogP contribution in [0.5, 0.6) is 0 Å². The molecule has 2 aromatic heterocycles. The van der Waals surface area contributed by atoms with E-state index < -0.39 is 12.4 Å². The van der Waals surface area contributed by atoms with Crippen molar-refractivity contribution in [3.05, 3.63) is 23.1 Å². The maximum atomic E-state index is 13.6. The standard InChI is InChI=1S/C14H17BrFN5O/c15-9-7-19-13(21-6-3-18-12(9)21)20-4-1-14(2-5-20)8-22-11(16)10(14)17/h3,6-7,10-11H,1-2,4-5,8,17H2/t10-,11+/m1/s1. The van der Waals surface area contributed by atoms with Gasteiger partial charge in [0.05, 0.1) is 17.1 Å². The summed E-state index contributed by atoms with van der Waals surface area (Å²) in [6, 6.07) is -0.527. The number of halogens is 2. The number of anilines is 1. The lowest BCUT2D eigenvalue weighted by atomic mass is 9.75. The van der Waals surface area contributed by atoms with Gasteiger partial charge in [-0.3, -0.25) is 4.40 Å². The Morgan fingerprint density at radius 2 is 2.14 bits per heavy atom. The van der Waals surface area contributed by atoms with Crippen LogP contribution in [0, 0.1) is 5.41 Å². The second kappa shape index (κ2) is 5.14. The summed E-state index contributed by atoms with van der Waals surface area (Å²) in [6.07, 6.45) is 5.70. The molecule has 4 rings (SSSR count). The first-order valence-electron chi connectivity index (χ1n) is 7.34. The molecule has 2 aliphatic rings. The Bertz CT molecular complexity index is 700. The molecule has 0 aliphatic carbocycles. The molecule has 2 N–H and O–H groups in total. The summed E-state index contributed by atoms with van der Waals surface area (Å²) in [6.45, 7) is 1.98. The largest absolute Gasteiger partial charge is 0.346 e. The van der Waals surface area contributed by atoms with E-state index in [9.17, 15) is 4.39 Å². The van der Waals surface area contributed by atoms with Gasteiger partial charge in [0, 0.05) is 37.1 Å². The first-order valence-corrected chi connectivity index (χ1v) is 8.14. The van der Waals surface area contributed by atoms with Gasteiger partial charge in [0.25, 0.3) is 0 Å². The first kappa shape index (κ1) is 14.3. The van der Waals surface area contributed by atoms with Crippen molar-refractivity contribution in [3.63, 3.8) is 0 Å². The zero-order valence-electron chi connectivity index (χ0n) is 12.0. The highest BCUT2D eigenvalue weighted by atomic mass is 79.9. The third-order valence-electron chi connectivity index (χ3n) is 4.92. The molecule has 0 saturated carbocycles. The molecule has 2 fully saturated rings. The van der Waals surface area contributed by atoms with E-state index in [0.717, 1.165) is 42.0 Å². The number of rotatable bonds is 1. The maximum Gasteiger partial charge on any atom is 0.214 e. The minimum absolute atomic E-state index is 0.237. The van der Waals surface area contributed by atoms with Crippen molar-refractivity contribution < 1.29 is 9.13 Å². The van der Waals surface area contributed by atoms with Gasteiger partial charge in [0.1, 0.15) is 0 Å². The van der Waals surface area contributed by atoms with E-state index in [4.69, 9.17) is 10.5 Å². The van der Waals surface area contributed by atoms with Gasteiger partial charge < -0.3 is 15.4 Å². The van der Waals surface area contributed by atoms with Crippen molar-refractivity contribution in [2.24, 2.45) is 11.1 Å². The molecule has 2 aliphatic heterocycles. The molecule has 0 radical (unpaired) electrons. The van der Waals surface area contributed by atoms with Crippen LogP contribution in [-0.2, 0) is 4.74 Å². The van der Waals surface area contributed by atoms with Gasteiger partial charge in [0.2, 0.25) is 12.3 Å². The smallest absolute Gasteiger partial charge is 0.214 e. The number of piperidine rings is 1. The summed E-state index contributed by atoms with van der Waals surface area (Å²) in [5, 5.41) is 0. The van der Waals surface area contributed by atoms with Gasteiger partial charge in [-0.25, -0.2) is 14.4 Å². The van der Waals surface area contributed by atoms with Crippen molar-refractivity contribution in [1.82, 2.24) is 14.4 Å². The lowest BCUT2D eigenvalue weighted by molar-refractivity contribution is 0.0000458. The van der Waals surface area contributed by atoms with Crippen molar-refractivity contribution in [2.75, 3.05) is 24.6 Å². The van der Waals surface area contributed by atoms with Crippen LogP contribution in [-0.4, -0.2) is 46.5 Å². The lowest BCUT2D eigenvalue weighted by Gasteiger charge is -2.41. The molecular formula is C14H17BrFN5O. The number of nitrogens with two attached hydrogens (primary N) is 1. The number of nitrogens with zero attached hydrogens (tertiary/aromatic N) is 4. The molecule has 1 spiro atoms. The Kier molecular flexibility index (Phi) is 3.35. The van der Waals surface area contributed by atoms with Crippen LogP contribution in [0.2, 0.25) is 0 Å². The van der Waals surface area contributed by atoms with Crippen molar-refractivity contribution in [3.8, 4) is 0 Å². The lowest BCUT2D eigenvalue weighted by Crippen LogP contribution is -2.50. The highest BCUT2D eigenvalue weighted by molar-refractivity contribution is 9.10. The maximum absolute atomic E-state index is 13.6. The molecule has 0 amide bonds. The third kappa shape index (κ3) is 2.04. The fourth-order valence-electron chi connectivity index (χ4n) is 3.46. The number of hydrogen-bond acceptors (Lipinski definition) is 5. The summed E-state index contributed by atoms with van der Waals surface area (Å²) >= 11 is 3.46. The zero-order chi connectivity index (χ0) is 15.3. The van der Waals surface area contributed by atoms with E-state index in [1.807, 2.05) is 10.6 Å². The van der Waals surface area contributed by atoms with Gasteiger partial charge in [-0.1, -0.05) is 0 Å². The SMILES string of the molecule is N[C@@H]1[C@@H](F)OCC12CCN(c1ncc(Br)c3nccn13)CC2. The number of alkyl halides is 1. The van der Waals surface area contributed by atoms with Crippen LogP contribution in [0.15, 0.2) is 23.1 Å². The normalized spacial score (nSPS) is 27.9. The number of hydrogen-bond donors (Lipinski definition) is 1. The minimum atomic E-state index is -1.34. The van der Waals surface area contributed by atoms with Gasteiger partial charge in [0.15, 0.2) is 5.65 Å². The monoisotopic (exact) mass is 369 g/mol. The summed E-state index contributed by atoms with van der Waals surface area (Å²) in [5.74, 6) is 0.856. The van der Waals surface area contributed by atoms with Crippen LogP contribution in [0.25, 0.3) is 5.65 Å². The minimum Gasteiger partial charge on any atom is -0.346 e. The van der Waals surface area contributed by atoms with Crippen molar-refractivity contribution in [1.29, 1.82) is 0 Å². The third-order valence-corrected chi connectivity index (χ3v) is 5.48. The molecule has 8 heteroatoms. The average Bonchev–Trinajstić information content (AvgIpc) is 3.12. The molecule has 2 atom stereocenters. The van der Waals surface area contributed by atoms with Crippen LogP contribution >= 0.6 is 15.9 Å². The molecule has 2 aromatic rings. The summed E-state index contributed by atoms with van der Waals surface area (Å²) in [5.41, 5.74) is 6.62.